The van der Waals surface area contributed by atoms with Crippen LogP contribution in [0.3, 0.4) is 0 Å². The zero-order valence-electron chi connectivity index (χ0n) is 11.4. The first kappa shape index (κ1) is 14.5. The van der Waals surface area contributed by atoms with Crippen LogP contribution in [0.15, 0.2) is 47.4 Å². The topological polar surface area (TPSA) is 54.4 Å². The molecule has 0 bridgehead atoms. The molecule has 2 rings (SSSR count). The molecule has 0 spiro atoms. The van der Waals surface area contributed by atoms with Crippen LogP contribution in [0.1, 0.15) is 21.5 Å². The Bertz CT molecular complexity index is 640. The van der Waals surface area contributed by atoms with Gasteiger partial charge in [0.2, 0.25) is 0 Å². The van der Waals surface area contributed by atoms with Gasteiger partial charge in [-0.15, -0.1) is 0 Å². The van der Waals surface area contributed by atoms with E-state index in [1.807, 2.05) is 6.07 Å². The van der Waals surface area contributed by atoms with E-state index in [9.17, 15) is 14.1 Å². The number of hydrogen-bond donors (Lipinski definition) is 1. The fourth-order valence-electron chi connectivity index (χ4n) is 1.97. The smallest absolute Gasteiger partial charge is 0.175 e. The molecule has 104 valence electrons. The molecular weight excluding hydrogens is 272 g/mol. The van der Waals surface area contributed by atoms with Crippen molar-refractivity contribution in [1.82, 2.24) is 0 Å². The van der Waals surface area contributed by atoms with E-state index in [1.165, 1.54) is 0 Å². The second-order valence-electron chi connectivity index (χ2n) is 4.68. The summed E-state index contributed by atoms with van der Waals surface area (Å²) in [6, 6.07) is 12.2. The average Bonchev–Trinajstić information content (AvgIpc) is 2.45. The highest BCUT2D eigenvalue weighted by Gasteiger charge is 2.14. The van der Waals surface area contributed by atoms with Crippen LogP contribution in [0.2, 0.25) is 0 Å². The highest BCUT2D eigenvalue weighted by molar-refractivity contribution is 7.85. The number of phenolic OH excluding ortho intramolecular Hbond substituents is 1. The Hall–Kier alpha value is -1.94. The van der Waals surface area contributed by atoms with Crippen molar-refractivity contribution in [3.8, 4) is 5.75 Å². The van der Waals surface area contributed by atoms with Crippen LogP contribution in [-0.4, -0.2) is 20.9 Å². The molecule has 0 aliphatic heterocycles. The lowest BCUT2D eigenvalue weighted by Gasteiger charge is -2.07. The highest BCUT2D eigenvalue weighted by Crippen LogP contribution is 2.23. The van der Waals surface area contributed by atoms with Crippen LogP contribution in [0.25, 0.3) is 0 Å². The molecule has 0 aromatic heterocycles. The van der Waals surface area contributed by atoms with Gasteiger partial charge in [0.15, 0.2) is 5.78 Å². The molecule has 2 aromatic carbocycles. The first-order valence-corrected chi connectivity index (χ1v) is 7.58. The Morgan fingerprint density at radius 2 is 1.65 bits per heavy atom. The number of rotatable bonds is 4. The molecule has 0 aliphatic rings. The van der Waals surface area contributed by atoms with Gasteiger partial charge in [-0.25, -0.2) is 0 Å². The van der Waals surface area contributed by atoms with Gasteiger partial charge in [-0.2, -0.15) is 0 Å². The lowest BCUT2D eigenvalue weighted by Crippen LogP contribution is -2.11. The number of benzene rings is 2. The number of carbonyl (C=O) groups excluding carboxylic acids is 1. The summed E-state index contributed by atoms with van der Waals surface area (Å²) in [5.41, 5.74) is 1.79. The molecule has 20 heavy (non-hydrogen) atoms. The van der Waals surface area contributed by atoms with Crippen LogP contribution in [-0.2, 0) is 10.8 Å². The fraction of sp³-hybridized carbons (Fsp3) is 0.188. The van der Waals surface area contributed by atoms with E-state index < -0.39 is 10.8 Å². The molecule has 1 N–H and O–H groups in total. The summed E-state index contributed by atoms with van der Waals surface area (Å²) in [4.78, 5) is 12.8. The van der Waals surface area contributed by atoms with Gasteiger partial charge < -0.3 is 5.11 Å². The Balaban J connectivity index is 2.19. The minimum absolute atomic E-state index is 0.0479. The SMILES string of the molecule is Cc1cc(C(=O)C[S@@](=O)c2ccccc2)cc(C)c1O. The van der Waals surface area contributed by atoms with Crippen LogP contribution < -0.4 is 0 Å². The summed E-state index contributed by atoms with van der Waals surface area (Å²) >= 11 is 0. The number of aromatic hydroxyl groups is 1. The lowest BCUT2D eigenvalue weighted by atomic mass is 10.0. The lowest BCUT2D eigenvalue weighted by molar-refractivity contribution is 0.102. The van der Waals surface area contributed by atoms with Gasteiger partial charge in [-0.1, -0.05) is 18.2 Å². The number of aryl methyl sites for hydroxylation is 2. The van der Waals surface area contributed by atoms with Gasteiger partial charge in [-0.05, 0) is 49.2 Å². The van der Waals surface area contributed by atoms with Gasteiger partial charge in [0.25, 0.3) is 0 Å². The number of Topliss-reactive ketones (excluding diaryl/α,β-unsaturated/α-hetero) is 1. The molecular formula is C16H16O3S. The van der Waals surface area contributed by atoms with Crippen LogP contribution in [0.4, 0.5) is 0 Å². The van der Waals surface area contributed by atoms with Crippen molar-refractivity contribution in [1.29, 1.82) is 0 Å². The summed E-state index contributed by atoms with van der Waals surface area (Å²) in [7, 11) is -1.34. The van der Waals surface area contributed by atoms with E-state index in [2.05, 4.69) is 0 Å². The molecule has 2 aromatic rings. The summed E-state index contributed by atoms with van der Waals surface area (Å²) in [5, 5.41) is 9.70. The van der Waals surface area contributed by atoms with E-state index in [-0.39, 0.29) is 17.3 Å². The molecule has 0 radical (unpaired) electrons. The maximum absolute atomic E-state index is 12.2. The van der Waals surface area contributed by atoms with Gasteiger partial charge in [0, 0.05) is 10.5 Å². The van der Waals surface area contributed by atoms with E-state index in [0.29, 0.717) is 21.6 Å². The first-order chi connectivity index (χ1) is 9.49. The number of carbonyl (C=O) groups is 1. The average molecular weight is 288 g/mol. The molecule has 3 nitrogen and oxygen atoms in total. The summed E-state index contributed by atoms with van der Waals surface area (Å²) in [6.07, 6.45) is 0. The fourth-order valence-corrected chi connectivity index (χ4v) is 3.01. The molecule has 4 heteroatoms. The van der Waals surface area contributed by atoms with Gasteiger partial charge >= 0.3 is 0 Å². The second-order valence-corrected chi connectivity index (χ2v) is 6.14. The zero-order chi connectivity index (χ0) is 14.7. The van der Waals surface area contributed by atoms with Crippen molar-refractivity contribution in [2.45, 2.75) is 18.7 Å². The molecule has 0 saturated carbocycles. The van der Waals surface area contributed by atoms with Crippen molar-refractivity contribution in [2.75, 3.05) is 5.75 Å². The summed E-state index contributed by atoms with van der Waals surface area (Å²) in [6.45, 7) is 3.49. The molecule has 0 unspecified atom stereocenters. The van der Waals surface area contributed by atoms with E-state index in [0.717, 1.165) is 0 Å². The van der Waals surface area contributed by atoms with Gasteiger partial charge in [0.05, 0.1) is 16.6 Å². The third-order valence-electron chi connectivity index (χ3n) is 3.08. The minimum Gasteiger partial charge on any atom is -0.507 e. The molecule has 0 aliphatic carbocycles. The van der Waals surface area contributed by atoms with E-state index in [1.54, 1.807) is 50.2 Å². The van der Waals surface area contributed by atoms with Gasteiger partial charge in [0.1, 0.15) is 5.75 Å². The van der Waals surface area contributed by atoms with Crippen LogP contribution >= 0.6 is 0 Å². The molecule has 1 atom stereocenters. The predicted octanol–water partition coefficient (Wildman–Crippen LogP) is 3.00. The highest BCUT2D eigenvalue weighted by atomic mass is 32.2. The Morgan fingerprint density at radius 1 is 1.10 bits per heavy atom. The molecule has 0 saturated heterocycles. The number of hydrogen-bond acceptors (Lipinski definition) is 3. The maximum Gasteiger partial charge on any atom is 0.175 e. The first-order valence-electron chi connectivity index (χ1n) is 6.26. The summed E-state index contributed by atoms with van der Waals surface area (Å²) in [5.74, 6) is -0.0302. The maximum atomic E-state index is 12.2. The largest absolute Gasteiger partial charge is 0.507 e. The number of ketones is 1. The Morgan fingerprint density at radius 3 is 2.20 bits per heavy atom. The van der Waals surface area contributed by atoms with Crippen molar-refractivity contribution < 1.29 is 14.1 Å². The van der Waals surface area contributed by atoms with Crippen molar-refractivity contribution in [2.24, 2.45) is 0 Å². The summed E-state index contributed by atoms with van der Waals surface area (Å²) < 4.78 is 12.1. The van der Waals surface area contributed by atoms with E-state index in [4.69, 9.17) is 0 Å². The molecule has 0 amide bonds. The Labute approximate surface area is 120 Å². The third-order valence-corrected chi connectivity index (χ3v) is 4.40. The quantitative estimate of drug-likeness (QED) is 0.880. The van der Waals surface area contributed by atoms with Crippen LogP contribution in [0.5, 0.6) is 5.75 Å². The monoisotopic (exact) mass is 288 g/mol. The van der Waals surface area contributed by atoms with E-state index >= 15 is 0 Å². The van der Waals surface area contributed by atoms with Gasteiger partial charge in [-0.3, -0.25) is 9.00 Å². The normalized spacial score (nSPS) is 12.1. The third kappa shape index (κ3) is 3.14. The number of phenols is 1. The second kappa shape index (κ2) is 6.01. The van der Waals surface area contributed by atoms with Crippen molar-refractivity contribution in [3.05, 3.63) is 59.2 Å². The Kier molecular flexibility index (Phi) is 4.35. The predicted molar refractivity (Wildman–Crippen MR) is 79.6 cm³/mol. The van der Waals surface area contributed by atoms with Crippen LogP contribution in [0, 0.1) is 13.8 Å². The zero-order valence-corrected chi connectivity index (χ0v) is 12.2. The molecule has 0 fully saturated rings. The minimum atomic E-state index is -1.34. The van der Waals surface area contributed by atoms with Crippen molar-refractivity contribution >= 4 is 16.6 Å². The van der Waals surface area contributed by atoms with Crippen molar-refractivity contribution in [3.63, 3.8) is 0 Å². The molecule has 0 heterocycles. The standard InChI is InChI=1S/C16H16O3S/c1-11-8-13(9-12(2)16(11)18)15(17)10-20(19)14-6-4-3-5-7-14/h3-9,18H,10H2,1-2H3/t20-/m1/s1.